The first kappa shape index (κ1) is 13.1. The third-order valence-electron chi connectivity index (χ3n) is 3.05. The Morgan fingerprint density at radius 2 is 2.06 bits per heavy atom. The number of hydrogen-bond donors (Lipinski definition) is 2. The maximum absolute atomic E-state index is 11.9. The summed E-state index contributed by atoms with van der Waals surface area (Å²) >= 11 is 2.15. The fraction of sp³-hybridized carbons (Fsp3) is 0.333. The largest absolute Gasteiger partial charge is 0.399 e. The number of imide groups is 1. The SMILES string of the molecule is CC1(C)C(=O)NC(=O)CN1c1ccc(N)cc1I. The molecule has 96 valence electrons. The van der Waals surface area contributed by atoms with Gasteiger partial charge in [0.2, 0.25) is 5.91 Å². The molecule has 1 heterocycles. The maximum Gasteiger partial charge on any atom is 0.251 e. The zero-order valence-corrected chi connectivity index (χ0v) is 12.3. The Morgan fingerprint density at radius 1 is 1.39 bits per heavy atom. The standard InChI is InChI=1S/C12H14IN3O2/c1-12(2)11(18)15-10(17)6-16(12)9-4-3-7(14)5-8(9)13/h3-5H,6,14H2,1-2H3,(H,15,17,18). The van der Waals surface area contributed by atoms with Crippen LogP contribution in [0.2, 0.25) is 0 Å². The van der Waals surface area contributed by atoms with E-state index in [0.717, 1.165) is 9.26 Å². The molecule has 0 aliphatic carbocycles. The second kappa shape index (κ2) is 4.42. The number of halogens is 1. The number of piperazine rings is 1. The normalized spacial score (nSPS) is 18.7. The molecule has 0 aromatic heterocycles. The van der Waals surface area contributed by atoms with Crippen molar-refractivity contribution in [2.24, 2.45) is 0 Å². The summed E-state index contributed by atoms with van der Waals surface area (Å²) in [5.41, 5.74) is 6.46. The van der Waals surface area contributed by atoms with Crippen LogP contribution in [0.1, 0.15) is 13.8 Å². The zero-order chi connectivity index (χ0) is 13.5. The van der Waals surface area contributed by atoms with Crippen molar-refractivity contribution in [3.8, 4) is 0 Å². The molecule has 1 aliphatic rings. The van der Waals surface area contributed by atoms with E-state index >= 15 is 0 Å². The van der Waals surface area contributed by atoms with E-state index in [2.05, 4.69) is 27.9 Å². The van der Waals surface area contributed by atoms with Crippen molar-refractivity contribution in [3.63, 3.8) is 0 Å². The van der Waals surface area contributed by atoms with Crippen molar-refractivity contribution in [1.82, 2.24) is 5.32 Å². The molecular formula is C12H14IN3O2. The molecule has 0 radical (unpaired) electrons. The number of carbonyl (C=O) groups is 2. The lowest BCUT2D eigenvalue weighted by molar-refractivity contribution is -0.135. The van der Waals surface area contributed by atoms with Crippen LogP contribution >= 0.6 is 22.6 Å². The third kappa shape index (κ3) is 2.16. The van der Waals surface area contributed by atoms with Crippen LogP contribution in [0, 0.1) is 3.57 Å². The molecule has 0 saturated carbocycles. The van der Waals surface area contributed by atoms with Crippen LogP contribution in [0.15, 0.2) is 18.2 Å². The summed E-state index contributed by atoms with van der Waals surface area (Å²) < 4.78 is 0.920. The fourth-order valence-electron chi connectivity index (χ4n) is 1.91. The van der Waals surface area contributed by atoms with Gasteiger partial charge in [-0.1, -0.05) is 0 Å². The van der Waals surface area contributed by atoms with E-state index in [-0.39, 0.29) is 18.4 Å². The quantitative estimate of drug-likeness (QED) is 0.448. The minimum absolute atomic E-state index is 0.165. The van der Waals surface area contributed by atoms with Crippen molar-refractivity contribution < 1.29 is 9.59 Å². The van der Waals surface area contributed by atoms with Gasteiger partial charge in [0.1, 0.15) is 5.54 Å². The van der Waals surface area contributed by atoms with Gasteiger partial charge in [-0.3, -0.25) is 14.9 Å². The van der Waals surface area contributed by atoms with Gasteiger partial charge in [-0.15, -0.1) is 0 Å². The van der Waals surface area contributed by atoms with Crippen LogP contribution in [0.5, 0.6) is 0 Å². The van der Waals surface area contributed by atoms with Crippen LogP contribution in [0.4, 0.5) is 11.4 Å². The topological polar surface area (TPSA) is 75.4 Å². The van der Waals surface area contributed by atoms with Crippen molar-refractivity contribution in [1.29, 1.82) is 0 Å². The summed E-state index contributed by atoms with van der Waals surface area (Å²) in [6.07, 6.45) is 0. The number of nitrogens with zero attached hydrogens (tertiary/aromatic N) is 1. The first-order valence-electron chi connectivity index (χ1n) is 5.49. The zero-order valence-electron chi connectivity index (χ0n) is 10.2. The minimum atomic E-state index is -0.760. The molecule has 0 atom stereocenters. The highest BCUT2D eigenvalue weighted by Crippen LogP contribution is 2.31. The molecule has 0 unspecified atom stereocenters. The van der Waals surface area contributed by atoms with Crippen LogP contribution in [-0.4, -0.2) is 23.9 Å². The average molecular weight is 359 g/mol. The van der Waals surface area contributed by atoms with Gasteiger partial charge in [-0.25, -0.2) is 0 Å². The van der Waals surface area contributed by atoms with Gasteiger partial charge in [0.05, 0.1) is 12.2 Å². The Balaban J connectivity index is 2.47. The Hall–Kier alpha value is -1.31. The van der Waals surface area contributed by atoms with Crippen molar-refractivity contribution in [3.05, 3.63) is 21.8 Å². The van der Waals surface area contributed by atoms with Gasteiger partial charge in [-0.05, 0) is 54.6 Å². The molecule has 2 amide bonds. The fourth-order valence-corrected chi connectivity index (χ4v) is 2.74. The molecular weight excluding hydrogens is 345 g/mol. The molecule has 18 heavy (non-hydrogen) atoms. The second-order valence-electron chi connectivity index (χ2n) is 4.73. The highest BCUT2D eigenvalue weighted by atomic mass is 127. The molecule has 0 bridgehead atoms. The highest BCUT2D eigenvalue weighted by Gasteiger charge is 2.41. The lowest BCUT2D eigenvalue weighted by Gasteiger charge is -2.42. The molecule has 0 spiro atoms. The molecule has 1 fully saturated rings. The number of anilines is 2. The van der Waals surface area contributed by atoms with Crippen LogP contribution in [-0.2, 0) is 9.59 Å². The number of carbonyl (C=O) groups excluding carboxylic acids is 2. The molecule has 5 nitrogen and oxygen atoms in total. The number of hydrogen-bond acceptors (Lipinski definition) is 4. The second-order valence-corrected chi connectivity index (χ2v) is 5.90. The van der Waals surface area contributed by atoms with Gasteiger partial charge in [-0.2, -0.15) is 0 Å². The number of nitrogens with two attached hydrogens (primary N) is 1. The molecule has 1 aromatic rings. The first-order chi connectivity index (χ1) is 8.32. The number of nitrogens with one attached hydrogen (secondary N) is 1. The average Bonchev–Trinajstić information content (AvgIpc) is 2.24. The summed E-state index contributed by atoms with van der Waals surface area (Å²) in [5.74, 6) is -0.571. The first-order valence-corrected chi connectivity index (χ1v) is 6.57. The van der Waals surface area contributed by atoms with E-state index < -0.39 is 5.54 Å². The van der Waals surface area contributed by atoms with Crippen molar-refractivity contribution >= 4 is 45.8 Å². The van der Waals surface area contributed by atoms with E-state index in [1.165, 1.54) is 0 Å². The number of amides is 2. The third-order valence-corrected chi connectivity index (χ3v) is 3.91. The smallest absolute Gasteiger partial charge is 0.251 e. The molecule has 2 rings (SSSR count). The summed E-state index contributed by atoms with van der Waals surface area (Å²) in [5, 5.41) is 2.35. The Kier molecular flexibility index (Phi) is 3.22. The summed E-state index contributed by atoms with van der Waals surface area (Å²) in [4.78, 5) is 25.2. The van der Waals surface area contributed by atoms with Crippen molar-refractivity contribution in [2.75, 3.05) is 17.2 Å². The lowest BCUT2D eigenvalue weighted by atomic mass is 9.97. The van der Waals surface area contributed by atoms with Crippen LogP contribution < -0.4 is 16.0 Å². The van der Waals surface area contributed by atoms with Gasteiger partial charge in [0.25, 0.3) is 5.91 Å². The molecule has 1 aliphatic heterocycles. The van der Waals surface area contributed by atoms with Gasteiger partial charge in [0.15, 0.2) is 0 Å². The molecule has 1 saturated heterocycles. The van der Waals surface area contributed by atoms with E-state index in [1.807, 2.05) is 12.1 Å². The summed E-state index contributed by atoms with van der Waals surface area (Å²) in [6.45, 7) is 3.75. The van der Waals surface area contributed by atoms with Crippen LogP contribution in [0.25, 0.3) is 0 Å². The monoisotopic (exact) mass is 359 g/mol. The molecule has 1 aromatic carbocycles. The lowest BCUT2D eigenvalue weighted by Crippen LogP contribution is -2.64. The van der Waals surface area contributed by atoms with E-state index in [1.54, 1.807) is 24.8 Å². The van der Waals surface area contributed by atoms with Gasteiger partial charge < -0.3 is 10.6 Å². The predicted octanol–water partition coefficient (Wildman–Crippen LogP) is 1.11. The van der Waals surface area contributed by atoms with Crippen LogP contribution in [0.3, 0.4) is 0 Å². The number of benzene rings is 1. The van der Waals surface area contributed by atoms with E-state index in [0.29, 0.717) is 5.69 Å². The van der Waals surface area contributed by atoms with E-state index in [9.17, 15) is 9.59 Å². The Morgan fingerprint density at radius 3 is 2.67 bits per heavy atom. The molecule has 6 heteroatoms. The summed E-state index contributed by atoms with van der Waals surface area (Å²) in [6, 6.07) is 5.43. The molecule has 3 N–H and O–H groups in total. The Labute approximate surface area is 119 Å². The number of nitrogen functional groups attached to an aromatic ring is 1. The highest BCUT2D eigenvalue weighted by molar-refractivity contribution is 14.1. The van der Waals surface area contributed by atoms with E-state index in [4.69, 9.17) is 5.73 Å². The number of rotatable bonds is 1. The minimum Gasteiger partial charge on any atom is -0.399 e. The maximum atomic E-state index is 11.9. The van der Waals surface area contributed by atoms with Gasteiger partial charge >= 0.3 is 0 Å². The predicted molar refractivity (Wildman–Crippen MR) is 78.1 cm³/mol. The van der Waals surface area contributed by atoms with Gasteiger partial charge in [0, 0.05) is 9.26 Å². The Bertz CT molecular complexity index is 528. The van der Waals surface area contributed by atoms with Crippen molar-refractivity contribution in [2.45, 2.75) is 19.4 Å². The summed E-state index contributed by atoms with van der Waals surface area (Å²) in [7, 11) is 0.